The van der Waals surface area contributed by atoms with Gasteiger partial charge in [-0.3, -0.25) is 30.0 Å². The topological polar surface area (TPSA) is 145 Å². The van der Waals surface area contributed by atoms with Gasteiger partial charge < -0.3 is 10.2 Å². The van der Waals surface area contributed by atoms with Crippen LogP contribution in [0.1, 0.15) is 64.4 Å². The van der Waals surface area contributed by atoms with Crippen molar-refractivity contribution >= 4 is 50.0 Å². The van der Waals surface area contributed by atoms with Gasteiger partial charge in [0.25, 0.3) is 11.8 Å². The van der Waals surface area contributed by atoms with Crippen molar-refractivity contribution in [1.29, 1.82) is 0 Å². The van der Waals surface area contributed by atoms with E-state index in [1.807, 2.05) is 30.3 Å². The zero-order valence-corrected chi connectivity index (χ0v) is 25.4. The highest BCUT2D eigenvalue weighted by atomic mass is 32.2. The van der Waals surface area contributed by atoms with Gasteiger partial charge in [0, 0.05) is 43.4 Å². The molecule has 1 aliphatic heterocycles. The second kappa shape index (κ2) is 12.8. The van der Waals surface area contributed by atoms with Crippen LogP contribution in [-0.2, 0) is 39.1 Å². The Morgan fingerprint density at radius 3 is 2.21 bits per heavy atom. The lowest BCUT2D eigenvalue weighted by molar-refractivity contribution is -0.129. The number of nitrogens with zero attached hydrogens (tertiary/aromatic N) is 2. The molecule has 0 atom stereocenters. The molecule has 4 amide bonds. The predicted octanol–water partition coefficient (Wildman–Crippen LogP) is 3.29. The van der Waals surface area contributed by atoms with E-state index in [4.69, 9.17) is 0 Å². The number of rotatable bonds is 8. The number of hydrazine groups is 1. The van der Waals surface area contributed by atoms with Crippen LogP contribution in [0.5, 0.6) is 0 Å². The van der Waals surface area contributed by atoms with Crippen LogP contribution in [0.3, 0.4) is 0 Å². The summed E-state index contributed by atoms with van der Waals surface area (Å²) in [5.74, 6) is -1.70. The Labute approximate surface area is 248 Å². The Kier molecular flexibility index (Phi) is 9.44. The zero-order chi connectivity index (χ0) is 30.6. The van der Waals surface area contributed by atoms with Gasteiger partial charge in [0.15, 0.2) is 0 Å². The Morgan fingerprint density at radius 2 is 1.62 bits per heavy atom. The van der Waals surface area contributed by atoms with Crippen LogP contribution >= 0.6 is 11.3 Å². The van der Waals surface area contributed by atoms with E-state index < -0.39 is 27.7 Å². The summed E-state index contributed by atoms with van der Waals surface area (Å²) in [6.07, 6.45) is 0.409. The predicted molar refractivity (Wildman–Crippen MR) is 159 cm³/mol. The number of carbonyl (C=O) groups is 4. The van der Waals surface area contributed by atoms with Crippen LogP contribution in [0, 0.1) is 0 Å². The van der Waals surface area contributed by atoms with E-state index in [0.717, 1.165) is 10.4 Å². The lowest BCUT2D eigenvalue weighted by Crippen LogP contribution is -2.41. The minimum Gasteiger partial charge on any atom is -0.337 e. The molecule has 4 rings (SSSR count). The van der Waals surface area contributed by atoms with Gasteiger partial charge >= 0.3 is 0 Å². The van der Waals surface area contributed by atoms with Crippen LogP contribution < -0.4 is 16.2 Å². The van der Waals surface area contributed by atoms with Crippen molar-refractivity contribution < 1.29 is 27.6 Å². The van der Waals surface area contributed by atoms with Crippen molar-refractivity contribution in [3.63, 3.8) is 0 Å². The molecule has 0 fully saturated rings. The standard InChI is InChI=1S/C29H33N5O6S2/c1-18(2)34(16-21-8-6-5-7-9-21)42(39,40)23-12-10-22(11-13-23)27(37)30-29-26(28(38)32-31-19(3)35)24-14-15-33(20(4)36)17-25(24)41-29/h5-13,18H,14-17H2,1-4H3,(H,30,37)(H,31,35)(H,32,38). The number of carbonyl (C=O) groups excluding carboxylic acids is 4. The highest BCUT2D eigenvalue weighted by molar-refractivity contribution is 7.89. The molecule has 42 heavy (non-hydrogen) atoms. The first-order valence-corrected chi connectivity index (χ1v) is 15.6. The Morgan fingerprint density at radius 1 is 0.952 bits per heavy atom. The number of nitrogens with one attached hydrogen (secondary N) is 3. The fourth-order valence-electron chi connectivity index (χ4n) is 4.61. The van der Waals surface area contributed by atoms with Crippen LogP contribution in [0.25, 0.3) is 0 Å². The fourth-order valence-corrected chi connectivity index (χ4v) is 7.49. The van der Waals surface area contributed by atoms with E-state index in [1.54, 1.807) is 18.7 Å². The molecule has 222 valence electrons. The van der Waals surface area contributed by atoms with Gasteiger partial charge in [0.2, 0.25) is 21.8 Å². The number of hydrogen-bond acceptors (Lipinski definition) is 7. The highest BCUT2D eigenvalue weighted by Gasteiger charge is 2.31. The molecule has 0 saturated carbocycles. The smallest absolute Gasteiger partial charge is 0.272 e. The first-order chi connectivity index (χ1) is 19.9. The Bertz CT molecular complexity index is 1600. The lowest BCUT2D eigenvalue weighted by atomic mass is 10.0. The maximum Gasteiger partial charge on any atom is 0.272 e. The van der Waals surface area contributed by atoms with Gasteiger partial charge in [0.1, 0.15) is 5.00 Å². The molecule has 2 heterocycles. The van der Waals surface area contributed by atoms with Crippen LogP contribution in [0.15, 0.2) is 59.5 Å². The summed E-state index contributed by atoms with van der Waals surface area (Å²) >= 11 is 1.18. The molecule has 0 aliphatic carbocycles. The van der Waals surface area contributed by atoms with E-state index >= 15 is 0 Å². The summed E-state index contributed by atoms with van der Waals surface area (Å²) in [5.41, 5.74) is 6.57. The molecule has 13 heteroatoms. The fraction of sp³-hybridized carbons (Fsp3) is 0.310. The number of sulfonamides is 1. The van der Waals surface area contributed by atoms with Crippen molar-refractivity contribution in [3.05, 3.63) is 81.7 Å². The first-order valence-electron chi connectivity index (χ1n) is 13.3. The normalized spacial score (nSPS) is 13.0. The van der Waals surface area contributed by atoms with Gasteiger partial charge in [-0.15, -0.1) is 11.3 Å². The third-order valence-electron chi connectivity index (χ3n) is 6.79. The molecule has 1 aromatic heterocycles. The summed E-state index contributed by atoms with van der Waals surface area (Å²) < 4.78 is 28.4. The monoisotopic (exact) mass is 611 g/mol. The Hall–Kier alpha value is -4.07. The molecule has 0 radical (unpaired) electrons. The van der Waals surface area contributed by atoms with Crippen molar-refractivity contribution in [2.75, 3.05) is 11.9 Å². The molecular weight excluding hydrogens is 578 g/mol. The average molecular weight is 612 g/mol. The SMILES string of the molecule is CC(=O)NNC(=O)c1c(NC(=O)c2ccc(S(=O)(=O)N(Cc3ccccc3)C(C)C)cc2)sc2c1CCN(C(C)=O)C2. The molecule has 0 bridgehead atoms. The summed E-state index contributed by atoms with van der Waals surface area (Å²) in [6, 6.07) is 14.6. The summed E-state index contributed by atoms with van der Waals surface area (Å²) in [5, 5.41) is 3.04. The second-order valence-corrected chi connectivity index (χ2v) is 13.1. The largest absolute Gasteiger partial charge is 0.337 e. The number of amides is 4. The molecule has 3 aromatic rings. The van der Waals surface area contributed by atoms with Gasteiger partial charge in [-0.25, -0.2) is 8.42 Å². The van der Waals surface area contributed by atoms with Gasteiger partial charge in [-0.2, -0.15) is 4.31 Å². The number of thiophene rings is 1. The van der Waals surface area contributed by atoms with E-state index in [2.05, 4.69) is 16.2 Å². The number of hydrogen-bond donors (Lipinski definition) is 3. The molecule has 0 spiro atoms. The molecule has 2 aromatic carbocycles. The van der Waals surface area contributed by atoms with Gasteiger partial charge in [0.05, 0.1) is 17.0 Å². The van der Waals surface area contributed by atoms with Gasteiger partial charge in [-0.1, -0.05) is 30.3 Å². The Balaban J connectivity index is 1.58. The summed E-state index contributed by atoms with van der Waals surface area (Å²) in [6.45, 7) is 7.25. The maximum atomic E-state index is 13.5. The molecular formula is C29H33N5O6S2. The molecule has 11 nitrogen and oxygen atoms in total. The minimum absolute atomic E-state index is 0.0509. The molecule has 3 N–H and O–H groups in total. The van der Waals surface area contributed by atoms with Gasteiger partial charge in [-0.05, 0) is 55.7 Å². The van der Waals surface area contributed by atoms with Crippen molar-refractivity contribution in [3.8, 4) is 0 Å². The van der Waals surface area contributed by atoms with E-state index in [9.17, 15) is 27.6 Å². The van der Waals surface area contributed by atoms with Crippen molar-refractivity contribution in [2.24, 2.45) is 0 Å². The summed E-state index contributed by atoms with van der Waals surface area (Å²) in [4.78, 5) is 52.0. The van der Waals surface area contributed by atoms with Crippen molar-refractivity contribution in [1.82, 2.24) is 20.1 Å². The van der Waals surface area contributed by atoms with E-state index in [0.29, 0.717) is 25.1 Å². The molecule has 0 saturated heterocycles. The summed E-state index contributed by atoms with van der Waals surface area (Å²) in [7, 11) is -3.86. The first kappa shape index (κ1) is 30.9. The van der Waals surface area contributed by atoms with Crippen LogP contribution in [0.4, 0.5) is 5.00 Å². The molecule has 1 aliphatic rings. The number of fused-ring (bicyclic) bond motifs is 1. The number of benzene rings is 2. The second-order valence-electron chi connectivity index (χ2n) is 10.1. The maximum absolute atomic E-state index is 13.5. The van der Waals surface area contributed by atoms with Crippen molar-refractivity contribution in [2.45, 2.75) is 58.1 Å². The third-order valence-corrected chi connectivity index (χ3v) is 9.96. The number of anilines is 1. The van der Waals surface area contributed by atoms with E-state index in [-0.39, 0.29) is 39.5 Å². The lowest BCUT2D eigenvalue weighted by Gasteiger charge is -2.26. The minimum atomic E-state index is -3.86. The molecule has 0 unspecified atom stereocenters. The zero-order valence-electron chi connectivity index (χ0n) is 23.8. The van der Waals surface area contributed by atoms with Crippen LogP contribution in [0.2, 0.25) is 0 Å². The average Bonchev–Trinajstić information content (AvgIpc) is 3.31. The highest BCUT2D eigenvalue weighted by Crippen LogP contribution is 2.37. The van der Waals surface area contributed by atoms with E-state index in [1.165, 1.54) is 53.8 Å². The third kappa shape index (κ3) is 6.86. The quantitative estimate of drug-likeness (QED) is 0.334. The van der Waals surface area contributed by atoms with Crippen LogP contribution in [-0.4, -0.2) is 53.8 Å².